The van der Waals surface area contributed by atoms with Gasteiger partial charge >= 0.3 is 0 Å². The number of nitrogens with one attached hydrogen (secondary N) is 1. The molecule has 0 bridgehead atoms. The van der Waals surface area contributed by atoms with Crippen LogP contribution in [0.5, 0.6) is 11.5 Å². The van der Waals surface area contributed by atoms with Gasteiger partial charge in [0.05, 0.1) is 7.11 Å². The maximum Gasteiger partial charge on any atom is 0.178 e. The van der Waals surface area contributed by atoms with Crippen molar-refractivity contribution >= 4 is 21.6 Å². The number of benzene rings is 2. The van der Waals surface area contributed by atoms with Gasteiger partial charge in [0, 0.05) is 24.2 Å². The molecule has 4 rings (SSSR count). The van der Waals surface area contributed by atoms with E-state index < -0.39 is 5.60 Å². The lowest BCUT2D eigenvalue weighted by atomic mass is 10.1. The van der Waals surface area contributed by atoms with Crippen molar-refractivity contribution in [3.05, 3.63) is 65.5 Å². The first-order chi connectivity index (χ1) is 14.6. The molecule has 2 N–H and O–H groups in total. The largest absolute Gasteiger partial charge is 0.496 e. The summed E-state index contributed by atoms with van der Waals surface area (Å²) < 4.78 is 17.6. The van der Waals surface area contributed by atoms with Gasteiger partial charge in [-0.2, -0.15) is 0 Å². The Hall–Kier alpha value is -2.87. The molecule has 0 fully saturated rings. The number of fused-ring (bicyclic) bond motifs is 1. The first-order valence-electron chi connectivity index (χ1n) is 9.67. The van der Waals surface area contributed by atoms with Crippen LogP contribution in [0.2, 0.25) is 0 Å². The number of thiophene rings is 1. The zero-order valence-electron chi connectivity index (χ0n) is 16.9. The molecule has 1 atom stereocenters. The maximum absolute atomic E-state index is 10.7. The molecule has 156 valence electrons. The van der Waals surface area contributed by atoms with Gasteiger partial charge in [0.25, 0.3) is 0 Å². The highest BCUT2D eigenvalue weighted by molar-refractivity contribution is 7.17. The summed E-state index contributed by atoms with van der Waals surface area (Å²) >= 11 is 1.59. The molecule has 0 spiro atoms. The normalized spacial score (nSPS) is 13.3. The Labute approximate surface area is 179 Å². The zero-order valence-corrected chi connectivity index (χ0v) is 17.7. The summed E-state index contributed by atoms with van der Waals surface area (Å²) in [5, 5.41) is 20.1. The fourth-order valence-electron chi connectivity index (χ4n) is 3.20. The number of hydrogen-bond acceptors (Lipinski definition) is 7. The van der Waals surface area contributed by atoms with Gasteiger partial charge in [0.2, 0.25) is 0 Å². The van der Waals surface area contributed by atoms with Crippen LogP contribution in [0, 0.1) is 0 Å². The number of methoxy groups -OCH3 is 1. The molecular formula is C23H24N2O4S. The minimum atomic E-state index is -1.03. The minimum absolute atomic E-state index is 0.155. The SMILES string of the molecule is COc1ccccc1CNC[C@@](C)(O)COc1cccc(-c2noc3ccsc23)c1. The van der Waals surface area contributed by atoms with Crippen LogP contribution < -0.4 is 14.8 Å². The van der Waals surface area contributed by atoms with Crippen LogP contribution in [-0.4, -0.2) is 36.1 Å². The average Bonchev–Trinajstić information content (AvgIpc) is 3.37. The first kappa shape index (κ1) is 20.4. The van der Waals surface area contributed by atoms with Gasteiger partial charge in [-0.25, -0.2) is 0 Å². The Balaban J connectivity index is 1.35. The van der Waals surface area contributed by atoms with Crippen LogP contribution >= 0.6 is 11.3 Å². The van der Waals surface area contributed by atoms with E-state index in [9.17, 15) is 5.11 Å². The van der Waals surface area contributed by atoms with E-state index in [1.54, 1.807) is 25.4 Å². The summed E-state index contributed by atoms with van der Waals surface area (Å²) in [7, 11) is 1.65. The van der Waals surface area contributed by atoms with Gasteiger partial charge in [-0.1, -0.05) is 35.5 Å². The predicted octanol–water partition coefficient (Wildman–Crippen LogP) is 4.48. The zero-order chi connectivity index (χ0) is 21.0. The third-order valence-corrected chi connectivity index (χ3v) is 5.65. The number of nitrogens with zero attached hydrogens (tertiary/aromatic N) is 1. The molecule has 6 nitrogen and oxygen atoms in total. The van der Waals surface area contributed by atoms with Crippen molar-refractivity contribution in [1.29, 1.82) is 0 Å². The Morgan fingerprint density at radius 2 is 2.03 bits per heavy atom. The fraction of sp³-hybridized carbons (Fsp3) is 0.261. The second-order valence-electron chi connectivity index (χ2n) is 7.37. The molecular weight excluding hydrogens is 400 g/mol. The van der Waals surface area contributed by atoms with E-state index in [2.05, 4.69) is 10.5 Å². The molecule has 7 heteroatoms. The Bertz CT molecular complexity index is 1120. The van der Waals surface area contributed by atoms with Crippen LogP contribution in [0.25, 0.3) is 21.5 Å². The highest BCUT2D eigenvalue weighted by Gasteiger charge is 2.21. The molecule has 2 aromatic heterocycles. The quantitative estimate of drug-likeness (QED) is 0.412. The smallest absolute Gasteiger partial charge is 0.178 e. The van der Waals surface area contributed by atoms with Crippen LogP contribution in [0.1, 0.15) is 12.5 Å². The lowest BCUT2D eigenvalue weighted by molar-refractivity contribution is 0.0120. The van der Waals surface area contributed by atoms with E-state index >= 15 is 0 Å². The standard InChI is InChI=1S/C23H24N2O4S/c1-23(26,14-24-13-17-6-3-4-9-19(17)27-2)15-28-18-8-5-7-16(12-18)21-22-20(29-25-21)10-11-30-22/h3-12,24,26H,13-15H2,1-2H3/t23-/m1/s1. The number of ether oxygens (including phenoxy) is 2. The highest BCUT2D eigenvalue weighted by Crippen LogP contribution is 2.33. The van der Waals surface area contributed by atoms with E-state index in [-0.39, 0.29) is 6.61 Å². The monoisotopic (exact) mass is 424 g/mol. The highest BCUT2D eigenvalue weighted by atomic mass is 32.1. The molecule has 2 aromatic carbocycles. The summed E-state index contributed by atoms with van der Waals surface area (Å²) in [6.45, 7) is 2.88. The van der Waals surface area contributed by atoms with Gasteiger partial charge in [-0.15, -0.1) is 11.3 Å². The second kappa shape index (κ2) is 8.87. The van der Waals surface area contributed by atoms with Gasteiger partial charge < -0.3 is 24.4 Å². The van der Waals surface area contributed by atoms with Crippen molar-refractivity contribution in [2.24, 2.45) is 0 Å². The Morgan fingerprint density at radius 3 is 2.90 bits per heavy atom. The summed E-state index contributed by atoms with van der Waals surface area (Å²) in [5.74, 6) is 1.50. The van der Waals surface area contributed by atoms with E-state index in [0.717, 1.165) is 32.9 Å². The molecule has 0 aliphatic carbocycles. The number of hydrogen-bond donors (Lipinski definition) is 2. The number of para-hydroxylation sites is 1. The van der Waals surface area contributed by atoms with Crippen molar-refractivity contribution in [2.45, 2.75) is 19.1 Å². The van der Waals surface area contributed by atoms with E-state index in [0.29, 0.717) is 18.8 Å². The first-order valence-corrected chi connectivity index (χ1v) is 10.5. The summed E-state index contributed by atoms with van der Waals surface area (Å²) in [5.41, 5.74) is 2.51. The number of aromatic nitrogens is 1. The van der Waals surface area contributed by atoms with Crippen LogP contribution in [0.3, 0.4) is 0 Å². The van der Waals surface area contributed by atoms with Crippen LogP contribution in [0.4, 0.5) is 0 Å². The predicted molar refractivity (Wildman–Crippen MR) is 118 cm³/mol. The number of rotatable bonds is 9. The van der Waals surface area contributed by atoms with Gasteiger partial charge in [0.15, 0.2) is 5.58 Å². The molecule has 0 aliphatic heterocycles. The third kappa shape index (κ3) is 4.64. The van der Waals surface area contributed by atoms with Crippen molar-refractivity contribution in [3.8, 4) is 22.8 Å². The average molecular weight is 425 g/mol. The Morgan fingerprint density at radius 1 is 1.17 bits per heavy atom. The third-order valence-electron chi connectivity index (χ3n) is 4.75. The fourth-order valence-corrected chi connectivity index (χ4v) is 4.02. The van der Waals surface area contributed by atoms with Gasteiger partial charge in [-0.05, 0) is 36.6 Å². The molecule has 0 aliphatic rings. The lowest BCUT2D eigenvalue weighted by Crippen LogP contribution is -2.42. The van der Waals surface area contributed by atoms with Crippen molar-refractivity contribution < 1.29 is 19.1 Å². The second-order valence-corrected chi connectivity index (χ2v) is 8.29. The van der Waals surface area contributed by atoms with Crippen molar-refractivity contribution in [1.82, 2.24) is 10.5 Å². The molecule has 0 saturated carbocycles. The summed E-state index contributed by atoms with van der Waals surface area (Å²) in [6, 6.07) is 17.4. The molecule has 30 heavy (non-hydrogen) atoms. The summed E-state index contributed by atoms with van der Waals surface area (Å²) in [4.78, 5) is 0. The van der Waals surface area contributed by atoms with Crippen LogP contribution in [0.15, 0.2) is 64.5 Å². The molecule has 0 amide bonds. The van der Waals surface area contributed by atoms with E-state index in [4.69, 9.17) is 14.0 Å². The molecule has 0 saturated heterocycles. The molecule has 2 heterocycles. The molecule has 0 radical (unpaired) electrons. The summed E-state index contributed by atoms with van der Waals surface area (Å²) in [6.07, 6.45) is 0. The molecule has 4 aromatic rings. The Kier molecular flexibility index (Phi) is 6.03. The number of aliphatic hydroxyl groups is 1. The van der Waals surface area contributed by atoms with E-state index in [1.165, 1.54) is 0 Å². The van der Waals surface area contributed by atoms with Gasteiger partial charge in [0.1, 0.15) is 34.1 Å². The topological polar surface area (TPSA) is 76.8 Å². The lowest BCUT2D eigenvalue weighted by Gasteiger charge is -2.24. The maximum atomic E-state index is 10.7. The van der Waals surface area contributed by atoms with E-state index in [1.807, 2.05) is 60.0 Å². The van der Waals surface area contributed by atoms with Crippen LogP contribution in [-0.2, 0) is 6.54 Å². The minimum Gasteiger partial charge on any atom is -0.496 e. The van der Waals surface area contributed by atoms with Gasteiger partial charge in [-0.3, -0.25) is 0 Å². The van der Waals surface area contributed by atoms with Crippen molar-refractivity contribution in [2.75, 3.05) is 20.3 Å². The molecule has 0 unspecified atom stereocenters. The van der Waals surface area contributed by atoms with Crippen molar-refractivity contribution in [3.63, 3.8) is 0 Å².